The number of piperidine rings is 1. The maximum atomic E-state index is 13.4. The summed E-state index contributed by atoms with van der Waals surface area (Å²) in [6, 6.07) is 18.2. The van der Waals surface area contributed by atoms with Crippen LogP contribution >= 0.6 is 0 Å². The average molecular weight is 434 g/mol. The standard InChI is InChI=1S/C26H28FN3O2/c1-2-32-24-9-6-19(7-10-24)18-30-14-12-23(13-15-30)29-26(31)21-8-11-25(28-17-21)20-4-3-5-22(27)16-20/h3-11,16-17,23H,2,12-15,18H2,1H3,(H,29,31). The van der Waals surface area contributed by atoms with Crippen LogP contribution in [0, 0.1) is 5.82 Å². The highest BCUT2D eigenvalue weighted by atomic mass is 19.1. The number of amides is 1. The summed E-state index contributed by atoms with van der Waals surface area (Å²) in [5, 5.41) is 3.13. The summed E-state index contributed by atoms with van der Waals surface area (Å²) in [6.07, 6.45) is 3.38. The topological polar surface area (TPSA) is 54.5 Å². The molecule has 5 nitrogen and oxygen atoms in total. The molecule has 166 valence electrons. The van der Waals surface area contributed by atoms with Crippen molar-refractivity contribution in [3.05, 3.63) is 83.8 Å². The zero-order valence-corrected chi connectivity index (χ0v) is 18.3. The number of carbonyl (C=O) groups excluding carboxylic acids is 1. The molecule has 1 aromatic heterocycles. The maximum Gasteiger partial charge on any atom is 0.253 e. The fraction of sp³-hybridized carbons (Fsp3) is 0.308. The predicted molar refractivity (Wildman–Crippen MR) is 123 cm³/mol. The normalized spacial score (nSPS) is 14.8. The molecular formula is C26H28FN3O2. The fourth-order valence-electron chi connectivity index (χ4n) is 3.97. The quantitative estimate of drug-likeness (QED) is 0.588. The first-order valence-corrected chi connectivity index (χ1v) is 11.1. The van der Waals surface area contributed by atoms with Crippen LogP contribution in [0.25, 0.3) is 11.3 Å². The second-order valence-electron chi connectivity index (χ2n) is 8.04. The molecule has 1 aliphatic rings. The van der Waals surface area contributed by atoms with Crippen LogP contribution in [0.5, 0.6) is 5.75 Å². The number of halogens is 1. The Kier molecular flexibility index (Phi) is 7.12. The number of pyridine rings is 1. The van der Waals surface area contributed by atoms with Crippen molar-refractivity contribution in [1.29, 1.82) is 0 Å². The van der Waals surface area contributed by atoms with Gasteiger partial charge in [0.1, 0.15) is 11.6 Å². The molecule has 32 heavy (non-hydrogen) atoms. The van der Waals surface area contributed by atoms with E-state index in [4.69, 9.17) is 4.74 Å². The molecule has 6 heteroatoms. The Bertz CT molecular complexity index is 1030. The largest absolute Gasteiger partial charge is 0.494 e. The highest BCUT2D eigenvalue weighted by Crippen LogP contribution is 2.19. The minimum atomic E-state index is -0.306. The third-order valence-corrected chi connectivity index (χ3v) is 5.71. The van der Waals surface area contributed by atoms with Crippen LogP contribution in [0.4, 0.5) is 4.39 Å². The Morgan fingerprint density at radius 2 is 1.91 bits per heavy atom. The van der Waals surface area contributed by atoms with Gasteiger partial charge in [-0.2, -0.15) is 0 Å². The molecule has 1 saturated heterocycles. The number of hydrogen-bond acceptors (Lipinski definition) is 4. The van der Waals surface area contributed by atoms with Gasteiger partial charge in [0.05, 0.1) is 17.9 Å². The smallest absolute Gasteiger partial charge is 0.253 e. The summed E-state index contributed by atoms with van der Waals surface area (Å²) in [7, 11) is 0. The van der Waals surface area contributed by atoms with Crippen LogP contribution in [0.2, 0.25) is 0 Å². The molecule has 1 aliphatic heterocycles. The number of rotatable bonds is 7. The van der Waals surface area contributed by atoms with E-state index in [0.29, 0.717) is 23.4 Å². The van der Waals surface area contributed by atoms with Gasteiger partial charge in [0.25, 0.3) is 5.91 Å². The zero-order chi connectivity index (χ0) is 22.3. The summed E-state index contributed by atoms with van der Waals surface area (Å²) in [4.78, 5) is 19.4. The number of hydrogen-bond donors (Lipinski definition) is 1. The van der Waals surface area contributed by atoms with Gasteiger partial charge in [-0.25, -0.2) is 4.39 Å². The number of aromatic nitrogens is 1. The van der Waals surface area contributed by atoms with Crippen molar-refractivity contribution in [1.82, 2.24) is 15.2 Å². The molecule has 0 saturated carbocycles. The van der Waals surface area contributed by atoms with E-state index in [9.17, 15) is 9.18 Å². The van der Waals surface area contributed by atoms with Gasteiger partial charge in [0, 0.05) is 37.4 Å². The molecule has 2 aromatic carbocycles. The lowest BCUT2D eigenvalue weighted by atomic mass is 10.0. The molecule has 1 N–H and O–H groups in total. The first kappa shape index (κ1) is 22.0. The third-order valence-electron chi connectivity index (χ3n) is 5.71. The van der Waals surface area contributed by atoms with Gasteiger partial charge < -0.3 is 10.1 Å². The third kappa shape index (κ3) is 5.71. The van der Waals surface area contributed by atoms with Crippen molar-refractivity contribution in [2.24, 2.45) is 0 Å². The minimum absolute atomic E-state index is 0.117. The highest BCUT2D eigenvalue weighted by molar-refractivity contribution is 5.94. The molecule has 4 rings (SSSR count). The van der Waals surface area contributed by atoms with Gasteiger partial charge in [-0.15, -0.1) is 0 Å². The van der Waals surface area contributed by atoms with E-state index in [1.165, 1.54) is 17.7 Å². The van der Waals surface area contributed by atoms with E-state index in [1.54, 1.807) is 30.5 Å². The molecule has 2 heterocycles. The highest BCUT2D eigenvalue weighted by Gasteiger charge is 2.21. The van der Waals surface area contributed by atoms with Crippen molar-refractivity contribution in [3.8, 4) is 17.0 Å². The SMILES string of the molecule is CCOc1ccc(CN2CCC(NC(=O)c3ccc(-c4cccc(F)c4)nc3)CC2)cc1. The second-order valence-corrected chi connectivity index (χ2v) is 8.04. The molecule has 0 radical (unpaired) electrons. The van der Waals surface area contributed by atoms with Gasteiger partial charge in [-0.1, -0.05) is 24.3 Å². The van der Waals surface area contributed by atoms with E-state index in [-0.39, 0.29) is 17.8 Å². The molecule has 0 atom stereocenters. The first-order chi connectivity index (χ1) is 15.6. The Balaban J connectivity index is 1.26. The predicted octanol–water partition coefficient (Wildman–Crippen LogP) is 4.68. The van der Waals surface area contributed by atoms with E-state index < -0.39 is 0 Å². The van der Waals surface area contributed by atoms with E-state index in [1.807, 2.05) is 19.1 Å². The number of nitrogens with zero attached hydrogens (tertiary/aromatic N) is 2. The van der Waals surface area contributed by atoms with E-state index in [0.717, 1.165) is 38.2 Å². The summed E-state index contributed by atoms with van der Waals surface area (Å²) in [5.74, 6) is 0.476. The molecule has 0 unspecified atom stereocenters. The lowest BCUT2D eigenvalue weighted by Gasteiger charge is -2.32. The summed E-state index contributed by atoms with van der Waals surface area (Å²) in [5.41, 5.74) is 3.11. The average Bonchev–Trinajstić information content (AvgIpc) is 2.82. The maximum absolute atomic E-state index is 13.4. The Morgan fingerprint density at radius 1 is 1.12 bits per heavy atom. The summed E-state index contributed by atoms with van der Waals surface area (Å²) in [6.45, 7) is 5.43. The van der Waals surface area contributed by atoms with Gasteiger partial charge in [0.15, 0.2) is 0 Å². The van der Waals surface area contributed by atoms with Gasteiger partial charge in [-0.3, -0.25) is 14.7 Å². The molecule has 1 fully saturated rings. The Hall–Kier alpha value is -3.25. The molecule has 3 aromatic rings. The van der Waals surface area contributed by atoms with Gasteiger partial charge in [0.2, 0.25) is 0 Å². The van der Waals surface area contributed by atoms with E-state index in [2.05, 4.69) is 27.3 Å². The van der Waals surface area contributed by atoms with Crippen LogP contribution in [0.15, 0.2) is 66.9 Å². The van der Waals surface area contributed by atoms with Crippen molar-refractivity contribution in [2.75, 3.05) is 19.7 Å². The number of likely N-dealkylation sites (tertiary alicyclic amines) is 1. The van der Waals surface area contributed by atoms with E-state index >= 15 is 0 Å². The summed E-state index contributed by atoms with van der Waals surface area (Å²) < 4.78 is 18.9. The van der Waals surface area contributed by atoms with Crippen molar-refractivity contribution in [3.63, 3.8) is 0 Å². The van der Waals surface area contributed by atoms with Crippen molar-refractivity contribution in [2.45, 2.75) is 32.4 Å². The summed E-state index contributed by atoms with van der Waals surface area (Å²) >= 11 is 0. The molecule has 1 amide bonds. The minimum Gasteiger partial charge on any atom is -0.494 e. The van der Waals surface area contributed by atoms with Crippen LogP contribution < -0.4 is 10.1 Å². The van der Waals surface area contributed by atoms with Crippen LogP contribution in [-0.2, 0) is 6.54 Å². The number of carbonyl (C=O) groups is 1. The van der Waals surface area contributed by atoms with Crippen molar-refractivity contribution >= 4 is 5.91 Å². The lowest BCUT2D eigenvalue weighted by molar-refractivity contribution is 0.0908. The molecule has 0 aliphatic carbocycles. The second kappa shape index (κ2) is 10.4. The molecule has 0 spiro atoms. The lowest BCUT2D eigenvalue weighted by Crippen LogP contribution is -2.44. The van der Waals surface area contributed by atoms with Crippen LogP contribution in [0.1, 0.15) is 35.7 Å². The number of ether oxygens (including phenoxy) is 1. The number of nitrogens with one attached hydrogen (secondary N) is 1. The molecular weight excluding hydrogens is 405 g/mol. The van der Waals surface area contributed by atoms with Crippen molar-refractivity contribution < 1.29 is 13.9 Å². The Labute approximate surface area is 188 Å². The van der Waals surface area contributed by atoms with Gasteiger partial charge >= 0.3 is 0 Å². The van der Waals surface area contributed by atoms with Crippen LogP contribution in [-0.4, -0.2) is 41.5 Å². The first-order valence-electron chi connectivity index (χ1n) is 11.1. The zero-order valence-electron chi connectivity index (χ0n) is 18.3. The fourth-order valence-corrected chi connectivity index (χ4v) is 3.97. The van der Waals surface area contributed by atoms with Crippen LogP contribution in [0.3, 0.4) is 0 Å². The number of benzene rings is 2. The molecule has 0 bridgehead atoms. The monoisotopic (exact) mass is 433 g/mol. The van der Waals surface area contributed by atoms with Gasteiger partial charge in [-0.05, 0) is 61.7 Å². The Morgan fingerprint density at radius 3 is 2.56 bits per heavy atom.